The highest BCUT2D eigenvalue weighted by atomic mass is 35.5. The largest absolute Gasteiger partial charge is 0.497 e. The van der Waals surface area contributed by atoms with Crippen molar-refractivity contribution in [2.24, 2.45) is 0 Å². The molecule has 1 aliphatic heterocycles. The number of nitrogens with one attached hydrogen (secondary N) is 1. The molecule has 6 heteroatoms. The molecule has 0 saturated carbocycles. The number of rotatable bonds is 8. The topological polar surface area (TPSA) is 50.8 Å². The predicted molar refractivity (Wildman–Crippen MR) is 116 cm³/mol. The molecular weight excluding hydrogens is 388 g/mol. The van der Waals surface area contributed by atoms with Gasteiger partial charge in [0.25, 0.3) is 5.91 Å². The van der Waals surface area contributed by atoms with Gasteiger partial charge in [0.05, 0.1) is 13.2 Å². The van der Waals surface area contributed by atoms with Crippen molar-refractivity contribution >= 4 is 17.5 Å². The number of ether oxygens (including phenoxy) is 2. The molecule has 29 heavy (non-hydrogen) atoms. The predicted octanol–water partition coefficient (Wildman–Crippen LogP) is 4.38. The summed E-state index contributed by atoms with van der Waals surface area (Å²) in [4.78, 5) is 14.9. The van der Waals surface area contributed by atoms with Gasteiger partial charge < -0.3 is 14.8 Å². The van der Waals surface area contributed by atoms with Crippen LogP contribution in [-0.2, 0) is 4.79 Å². The maximum absolute atomic E-state index is 12.4. The van der Waals surface area contributed by atoms with E-state index in [-0.39, 0.29) is 18.6 Å². The molecule has 1 aliphatic rings. The third-order valence-electron chi connectivity index (χ3n) is 5.32. The normalized spacial score (nSPS) is 15.6. The van der Waals surface area contributed by atoms with Crippen LogP contribution >= 0.6 is 11.6 Å². The number of methoxy groups -OCH3 is 1. The molecule has 2 aromatic rings. The van der Waals surface area contributed by atoms with E-state index in [0.29, 0.717) is 17.3 Å². The number of piperidine rings is 1. The zero-order valence-electron chi connectivity index (χ0n) is 17.1. The molecule has 2 aromatic carbocycles. The molecule has 1 fully saturated rings. The van der Waals surface area contributed by atoms with Crippen LogP contribution in [0.3, 0.4) is 0 Å². The minimum Gasteiger partial charge on any atom is -0.497 e. The summed E-state index contributed by atoms with van der Waals surface area (Å²) in [6.07, 6.45) is 3.66. The van der Waals surface area contributed by atoms with Gasteiger partial charge in [-0.15, -0.1) is 0 Å². The molecule has 0 radical (unpaired) electrons. The standard InChI is InChI=1S/C23H29ClN2O3/c1-17-14-19(24)8-11-22(17)29-16-23(27)25-15-21(26-12-4-3-5-13-26)18-6-9-20(28-2)10-7-18/h6-11,14,21H,3-5,12-13,15-16H2,1-2H3,(H,25,27)/t21-/m1/s1. The van der Waals surface area contributed by atoms with Gasteiger partial charge in [0.1, 0.15) is 11.5 Å². The van der Waals surface area contributed by atoms with Crippen molar-refractivity contribution in [2.75, 3.05) is 33.4 Å². The Labute approximate surface area is 177 Å². The number of benzene rings is 2. The number of amides is 1. The highest BCUT2D eigenvalue weighted by Crippen LogP contribution is 2.26. The van der Waals surface area contributed by atoms with Gasteiger partial charge in [0.15, 0.2) is 6.61 Å². The Bertz CT molecular complexity index is 804. The van der Waals surface area contributed by atoms with Gasteiger partial charge in [-0.25, -0.2) is 0 Å². The molecule has 3 rings (SSSR count). The van der Waals surface area contributed by atoms with Gasteiger partial charge in [0.2, 0.25) is 0 Å². The summed E-state index contributed by atoms with van der Waals surface area (Å²) in [6.45, 7) is 4.54. The maximum atomic E-state index is 12.4. The van der Waals surface area contributed by atoms with Crippen LogP contribution in [0.4, 0.5) is 0 Å². The Morgan fingerprint density at radius 1 is 1.14 bits per heavy atom. The quantitative estimate of drug-likeness (QED) is 0.693. The van der Waals surface area contributed by atoms with Crippen molar-refractivity contribution in [1.29, 1.82) is 0 Å². The van der Waals surface area contributed by atoms with E-state index in [1.807, 2.05) is 25.1 Å². The van der Waals surface area contributed by atoms with Crippen molar-refractivity contribution in [3.05, 3.63) is 58.6 Å². The molecule has 1 saturated heterocycles. The zero-order chi connectivity index (χ0) is 20.6. The second-order valence-corrected chi connectivity index (χ2v) is 7.82. The summed E-state index contributed by atoms with van der Waals surface area (Å²) in [5, 5.41) is 3.70. The Balaban J connectivity index is 1.60. The average molecular weight is 417 g/mol. The molecule has 1 heterocycles. The van der Waals surface area contributed by atoms with E-state index in [0.717, 1.165) is 24.4 Å². The third kappa shape index (κ3) is 6.12. The number of aryl methyl sites for hydroxylation is 1. The van der Waals surface area contributed by atoms with Crippen molar-refractivity contribution in [1.82, 2.24) is 10.2 Å². The van der Waals surface area contributed by atoms with Crippen LogP contribution < -0.4 is 14.8 Å². The minimum absolute atomic E-state index is 0.0161. The first kappa shape index (κ1) is 21.5. The van der Waals surface area contributed by atoms with Crippen molar-refractivity contribution in [2.45, 2.75) is 32.2 Å². The molecule has 0 spiro atoms. The first-order valence-electron chi connectivity index (χ1n) is 10.1. The molecule has 156 valence electrons. The fourth-order valence-corrected chi connectivity index (χ4v) is 3.92. The van der Waals surface area contributed by atoms with E-state index in [1.165, 1.54) is 24.8 Å². The Morgan fingerprint density at radius 3 is 2.52 bits per heavy atom. The van der Waals surface area contributed by atoms with Crippen LogP contribution in [0.5, 0.6) is 11.5 Å². The number of nitrogens with zero attached hydrogens (tertiary/aromatic N) is 1. The molecule has 0 bridgehead atoms. The molecular formula is C23H29ClN2O3. The van der Waals surface area contributed by atoms with E-state index < -0.39 is 0 Å². The van der Waals surface area contributed by atoms with Crippen LogP contribution in [0.2, 0.25) is 5.02 Å². The second-order valence-electron chi connectivity index (χ2n) is 7.39. The molecule has 1 N–H and O–H groups in total. The van der Waals surface area contributed by atoms with Gasteiger partial charge in [-0.2, -0.15) is 0 Å². The Kier molecular flexibility index (Phi) is 7.78. The van der Waals surface area contributed by atoms with E-state index in [9.17, 15) is 4.79 Å². The SMILES string of the molecule is COc1ccc([C@@H](CNC(=O)COc2ccc(Cl)cc2C)N2CCCCC2)cc1. The van der Waals surface area contributed by atoms with Gasteiger partial charge in [0, 0.05) is 11.6 Å². The lowest BCUT2D eigenvalue weighted by Crippen LogP contribution is -2.41. The zero-order valence-corrected chi connectivity index (χ0v) is 17.9. The summed E-state index contributed by atoms with van der Waals surface area (Å²) in [5.74, 6) is 1.38. The number of halogens is 1. The highest BCUT2D eigenvalue weighted by Gasteiger charge is 2.23. The van der Waals surface area contributed by atoms with E-state index in [1.54, 1.807) is 19.2 Å². The monoisotopic (exact) mass is 416 g/mol. The maximum Gasteiger partial charge on any atom is 0.258 e. The number of carbonyl (C=O) groups is 1. The average Bonchev–Trinajstić information content (AvgIpc) is 2.74. The van der Waals surface area contributed by atoms with Crippen LogP contribution in [0.1, 0.15) is 36.4 Å². The van der Waals surface area contributed by atoms with Gasteiger partial charge in [-0.3, -0.25) is 9.69 Å². The van der Waals surface area contributed by atoms with Crippen molar-refractivity contribution in [3.8, 4) is 11.5 Å². The fourth-order valence-electron chi connectivity index (χ4n) is 3.69. The van der Waals surface area contributed by atoms with Crippen molar-refractivity contribution < 1.29 is 14.3 Å². The summed E-state index contributed by atoms with van der Waals surface area (Å²) in [7, 11) is 1.67. The van der Waals surface area contributed by atoms with Gasteiger partial charge >= 0.3 is 0 Å². The number of hydrogen-bond donors (Lipinski definition) is 1. The molecule has 1 atom stereocenters. The summed E-state index contributed by atoms with van der Waals surface area (Å²) in [5.41, 5.74) is 2.09. The molecule has 0 unspecified atom stereocenters. The summed E-state index contributed by atoms with van der Waals surface area (Å²) >= 11 is 5.97. The third-order valence-corrected chi connectivity index (χ3v) is 5.56. The number of hydrogen-bond acceptors (Lipinski definition) is 4. The smallest absolute Gasteiger partial charge is 0.258 e. The number of carbonyl (C=O) groups excluding carboxylic acids is 1. The van der Waals surface area contributed by atoms with Crippen LogP contribution in [0, 0.1) is 6.92 Å². The Morgan fingerprint density at radius 2 is 1.86 bits per heavy atom. The number of likely N-dealkylation sites (tertiary alicyclic amines) is 1. The fraction of sp³-hybridized carbons (Fsp3) is 0.435. The van der Waals surface area contributed by atoms with Crippen LogP contribution in [0.25, 0.3) is 0 Å². The lowest BCUT2D eigenvalue weighted by atomic mass is 10.0. The summed E-state index contributed by atoms with van der Waals surface area (Å²) in [6, 6.07) is 13.6. The van der Waals surface area contributed by atoms with E-state index >= 15 is 0 Å². The van der Waals surface area contributed by atoms with Crippen LogP contribution in [0.15, 0.2) is 42.5 Å². The van der Waals surface area contributed by atoms with E-state index in [2.05, 4.69) is 22.3 Å². The first-order valence-corrected chi connectivity index (χ1v) is 10.5. The first-order chi connectivity index (χ1) is 14.1. The van der Waals surface area contributed by atoms with Crippen molar-refractivity contribution in [3.63, 3.8) is 0 Å². The van der Waals surface area contributed by atoms with Gasteiger partial charge in [-0.1, -0.05) is 30.2 Å². The van der Waals surface area contributed by atoms with E-state index in [4.69, 9.17) is 21.1 Å². The molecule has 1 amide bonds. The minimum atomic E-state index is -0.130. The van der Waals surface area contributed by atoms with Gasteiger partial charge in [-0.05, 0) is 74.3 Å². The lowest BCUT2D eigenvalue weighted by Gasteiger charge is -2.35. The molecule has 0 aromatic heterocycles. The highest BCUT2D eigenvalue weighted by molar-refractivity contribution is 6.30. The van der Waals surface area contributed by atoms with Crippen LogP contribution in [-0.4, -0.2) is 44.2 Å². The summed E-state index contributed by atoms with van der Waals surface area (Å²) < 4.78 is 10.9. The second kappa shape index (κ2) is 10.5. The Hall–Kier alpha value is -2.24. The molecule has 5 nitrogen and oxygen atoms in total. The lowest BCUT2D eigenvalue weighted by molar-refractivity contribution is -0.123. The molecule has 0 aliphatic carbocycles.